The second-order valence-electron chi connectivity index (χ2n) is 6.56. The molecule has 0 fully saturated rings. The van der Waals surface area contributed by atoms with Gasteiger partial charge in [-0.1, -0.05) is 24.3 Å². The molecule has 0 bridgehead atoms. The number of nitrogens with zero attached hydrogens (tertiary/aromatic N) is 1. The molecule has 1 N–H and O–H groups in total. The highest BCUT2D eigenvalue weighted by Crippen LogP contribution is 2.30. The Bertz CT molecular complexity index is 949. The summed E-state index contributed by atoms with van der Waals surface area (Å²) in [6.45, 7) is 5.35. The molecule has 3 rings (SSSR count). The molecule has 0 aliphatic carbocycles. The minimum Gasteiger partial charge on any atom is -0.381 e. The topological polar surface area (TPSA) is 51.5 Å². The minimum absolute atomic E-state index is 0.109. The first-order valence-electron chi connectivity index (χ1n) is 9.21. The van der Waals surface area contributed by atoms with E-state index in [-0.39, 0.29) is 11.6 Å². The fourth-order valence-electron chi connectivity index (χ4n) is 3.29. The summed E-state index contributed by atoms with van der Waals surface area (Å²) in [6, 6.07) is 16.2. The Balaban J connectivity index is 2.03. The predicted octanol–water partition coefficient (Wildman–Crippen LogP) is 4.89. The molecule has 0 radical (unpaired) electrons. The van der Waals surface area contributed by atoms with Crippen LogP contribution in [0.4, 0.5) is 4.39 Å². The summed E-state index contributed by atoms with van der Waals surface area (Å²) >= 11 is -1.86. The first kappa shape index (κ1) is 20.5. The number of ether oxygens (including phenoxy) is 1. The molecule has 0 spiro atoms. The Morgan fingerprint density at radius 2 is 1.79 bits per heavy atom. The zero-order valence-electron chi connectivity index (χ0n) is 16.0. The molecule has 2 aromatic carbocycles. The van der Waals surface area contributed by atoms with E-state index in [1.54, 1.807) is 12.1 Å². The van der Waals surface area contributed by atoms with Gasteiger partial charge in [-0.3, -0.25) is 0 Å². The Labute approximate surface area is 167 Å². The van der Waals surface area contributed by atoms with Crippen molar-refractivity contribution in [3.8, 4) is 16.9 Å². The molecule has 6 heteroatoms. The van der Waals surface area contributed by atoms with Crippen LogP contribution in [0.15, 0.2) is 54.6 Å². The van der Waals surface area contributed by atoms with Gasteiger partial charge in [0.15, 0.2) is 11.1 Å². The number of aromatic nitrogens is 1. The van der Waals surface area contributed by atoms with E-state index in [2.05, 4.69) is 17.6 Å². The zero-order chi connectivity index (χ0) is 20.1. The van der Waals surface area contributed by atoms with E-state index in [9.17, 15) is 8.60 Å². The van der Waals surface area contributed by atoms with Crippen molar-refractivity contribution in [3.05, 3.63) is 77.2 Å². The van der Waals surface area contributed by atoms with Gasteiger partial charge in [0.25, 0.3) is 0 Å². The average Bonchev–Trinajstić information content (AvgIpc) is 2.99. The van der Waals surface area contributed by atoms with E-state index in [1.165, 1.54) is 17.7 Å². The van der Waals surface area contributed by atoms with Gasteiger partial charge in [0, 0.05) is 18.0 Å². The summed E-state index contributed by atoms with van der Waals surface area (Å²) in [7, 11) is 0. The Kier molecular flexibility index (Phi) is 6.78. The van der Waals surface area contributed by atoms with E-state index in [0.29, 0.717) is 13.2 Å². The maximum Gasteiger partial charge on any atom is 0.157 e. The van der Waals surface area contributed by atoms with Crippen molar-refractivity contribution in [3.63, 3.8) is 0 Å². The Hall–Kier alpha value is -2.28. The molecule has 1 aromatic heterocycles. The minimum atomic E-state index is -1.86. The average molecular weight is 402 g/mol. The van der Waals surface area contributed by atoms with Gasteiger partial charge < -0.3 is 13.9 Å². The summed E-state index contributed by atoms with van der Waals surface area (Å²) in [5, 5.41) is 0. The van der Waals surface area contributed by atoms with Gasteiger partial charge in [0.2, 0.25) is 0 Å². The van der Waals surface area contributed by atoms with Crippen molar-refractivity contribution in [2.24, 2.45) is 0 Å². The number of hydrogen-bond acceptors (Lipinski definition) is 2. The number of benzene rings is 2. The van der Waals surface area contributed by atoms with Gasteiger partial charge in [-0.05, 0) is 67.3 Å². The highest BCUT2D eigenvalue weighted by molar-refractivity contribution is 7.78. The van der Waals surface area contributed by atoms with Crippen molar-refractivity contribution in [1.82, 2.24) is 4.57 Å². The second kappa shape index (κ2) is 9.28. The fourth-order valence-corrected chi connectivity index (χ4v) is 3.77. The summed E-state index contributed by atoms with van der Waals surface area (Å²) in [6.07, 6.45) is 0.794. The Morgan fingerprint density at radius 1 is 1.11 bits per heavy atom. The lowest BCUT2D eigenvalue weighted by Crippen LogP contribution is -2.02. The van der Waals surface area contributed by atoms with Crippen LogP contribution in [0.3, 0.4) is 0 Å². The highest BCUT2D eigenvalue weighted by Gasteiger charge is 2.15. The molecule has 28 heavy (non-hydrogen) atoms. The van der Waals surface area contributed by atoms with Gasteiger partial charge >= 0.3 is 0 Å². The molecule has 0 aliphatic rings. The quantitative estimate of drug-likeness (QED) is 0.432. The van der Waals surface area contributed by atoms with Gasteiger partial charge in [-0.15, -0.1) is 0 Å². The second-order valence-corrected chi connectivity index (χ2v) is 7.49. The molecule has 0 amide bonds. The largest absolute Gasteiger partial charge is 0.381 e. The smallest absolute Gasteiger partial charge is 0.157 e. The third-order valence-corrected chi connectivity index (χ3v) is 5.28. The van der Waals surface area contributed by atoms with E-state index in [4.69, 9.17) is 9.29 Å². The number of halogens is 1. The molecule has 0 saturated heterocycles. The van der Waals surface area contributed by atoms with Crippen LogP contribution in [0, 0.1) is 12.7 Å². The lowest BCUT2D eigenvalue weighted by Gasteiger charge is -2.13. The first-order chi connectivity index (χ1) is 13.5. The number of hydrogen-bond donors (Lipinski definition) is 1. The maximum absolute atomic E-state index is 13.4. The van der Waals surface area contributed by atoms with Gasteiger partial charge in [-0.25, -0.2) is 8.60 Å². The third-order valence-electron chi connectivity index (χ3n) is 4.70. The van der Waals surface area contributed by atoms with Crippen molar-refractivity contribution < 1.29 is 17.9 Å². The summed E-state index contributed by atoms with van der Waals surface area (Å²) < 4.78 is 41.1. The van der Waals surface area contributed by atoms with Crippen LogP contribution in [0.1, 0.15) is 23.7 Å². The summed E-state index contributed by atoms with van der Waals surface area (Å²) in [4.78, 5) is 0. The van der Waals surface area contributed by atoms with E-state index in [0.717, 1.165) is 34.6 Å². The van der Waals surface area contributed by atoms with Crippen molar-refractivity contribution in [2.75, 3.05) is 13.2 Å². The van der Waals surface area contributed by atoms with Crippen LogP contribution < -0.4 is 0 Å². The summed E-state index contributed by atoms with van der Waals surface area (Å²) in [5.74, 6) is -0.161. The molecule has 0 saturated carbocycles. The zero-order valence-corrected chi connectivity index (χ0v) is 16.8. The van der Waals surface area contributed by atoms with Crippen molar-refractivity contribution in [1.29, 1.82) is 0 Å². The van der Waals surface area contributed by atoms with Crippen LogP contribution in [-0.2, 0) is 28.0 Å². The molecular weight excluding hydrogens is 377 g/mol. The van der Waals surface area contributed by atoms with Crippen molar-refractivity contribution >= 4 is 11.1 Å². The molecule has 1 heterocycles. The van der Waals surface area contributed by atoms with Crippen molar-refractivity contribution in [2.45, 2.75) is 26.0 Å². The van der Waals surface area contributed by atoms with Crippen LogP contribution in [0.5, 0.6) is 0 Å². The predicted molar refractivity (Wildman–Crippen MR) is 111 cm³/mol. The molecular formula is C22H24FNO3S. The van der Waals surface area contributed by atoms with Crippen LogP contribution in [-0.4, -0.2) is 26.5 Å². The van der Waals surface area contributed by atoms with Crippen LogP contribution in [0.25, 0.3) is 16.9 Å². The summed E-state index contributed by atoms with van der Waals surface area (Å²) in [5.41, 5.74) is 5.93. The number of rotatable bonds is 8. The standard InChI is InChI=1S/C22H24FNO3S/c1-3-27-13-12-19-14-22(18-6-4-17(5-7-18)15-28(25)26)24(16(19)2)21-10-8-20(23)9-11-21/h4-11,14H,3,12-13,15H2,1-2H3,(H,25,26). The van der Waals surface area contributed by atoms with Crippen LogP contribution in [0.2, 0.25) is 0 Å². The molecule has 4 nitrogen and oxygen atoms in total. The maximum atomic E-state index is 13.4. The molecule has 1 unspecified atom stereocenters. The highest BCUT2D eigenvalue weighted by atomic mass is 32.2. The van der Waals surface area contributed by atoms with Gasteiger partial charge in [0.05, 0.1) is 18.1 Å². The van der Waals surface area contributed by atoms with Gasteiger partial charge in [-0.2, -0.15) is 0 Å². The van der Waals surface area contributed by atoms with E-state index >= 15 is 0 Å². The van der Waals surface area contributed by atoms with E-state index in [1.807, 2.05) is 31.2 Å². The molecule has 1 atom stereocenters. The normalized spacial score (nSPS) is 12.3. The first-order valence-corrected chi connectivity index (χ1v) is 10.5. The monoisotopic (exact) mass is 401 g/mol. The Morgan fingerprint density at radius 3 is 2.39 bits per heavy atom. The third kappa shape index (κ3) is 4.76. The lowest BCUT2D eigenvalue weighted by molar-refractivity contribution is 0.151. The van der Waals surface area contributed by atoms with E-state index < -0.39 is 11.1 Å². The fraction of sp³-hybridized carbons (Fsp3) is 0.273. The van der Waals surface area contributed by atoms with Gasteiger partial charge in [0.1, 0.15) is 5.82 Å². The van der Waals surface area contributed by atoms with Crippen LogP contribution >= 0.6 is 0 Å². The molecule has 3 aromatic rings. The SMILES string of the molecule is CCOCCc1cc(-c2ccc(CS(=O)O)cc2)n(-c2ccc(F)cc2)c1C. The lowest BCUT2D eigenvalue weighted by atomic mass is 10.1. The molecule has 0 aliphatic heterocycles. The molecule has 148 valence electrons.